The monoisotopic (exact) mass is 549 g/mol. The summed E-state index contributed by atoms with van der Waals surface area (Å²) in [6.07, 6.45) is 0.382. The van der Waals surface area contributed by atoms with Crippen LogP contribution in [0.25, 0.3) is 0 Å². The van der Waals surface area contributed by atoms with Crippen LogP contribution in [-0.4, -0.2) is 47.2 Å². The van der Waals surface area contributed by atoms with Crippen LogP contribution < -0.4 is 0 Å². The average Bonchev–Trinajstić information content (AvgIpc) is 3.39. The number of esters is 1. The molecule has 1 N–H and O–H groups in total. The fourth-order valence-electron chi connectivity index (χ4n) is 4.20. The Balaban J connectivity index is 2.02. The number of ether oxygens (including phenoxy) is 2. The number of aryl methyl sites for hydroxylation is 1. The van der Waals surface area contributed by atoms with Crippen molar-refractivity contribution < 1.29 is 33.4 Å². The summed E-state index contributed by atoms with van der Waals surface area (Å²) in [5.74, 6) is -1.02. The molecule has 1 fully saturated rings. The van der Waals surface area contributed by atoms with Crippen LogP contribution in [0.3, 0.4) is 0 Å². The zero-order chi connectivity index (χ0) is 25.5. The topological polar surface area (TPSA) is 106 Å². The van der Waals surface area contributed by atoms with Crippen LogP contribution >= 0.6 is 15.9 Å². The number of carbonyl (C=O) groups excluding carboxylic acids is 3. The Morgan fingerprint density at radius 1 is 1.23 bits per heavy atom. The van der Waals surface area contributed by atoms with E-state index in [0.717, 1.165) is 10.5 Å². The molecule has 0 bridgehead atoms. The molecule has 0 radical (unpaired) electrons. The molecule has 1 aromatic heterocycles. The lowest BCUT2D eigenvalue weighted by Crippen LogP contribution is -2.47. The lowest BCUT2D eigenvalue weighted by molar-refractivity contribution is -0.155. The number of nitrogens with zero attached hydrogens (tertiary/aromatic N) is 1. The molecule has 190 valence electrons. The first-order valence-electron chi connectivity index (χ1n) is 11.8. The van der Waals surface area contributed by atoms with Gasteiger partial charge in [0.15, 0.2) is 6.10 Å². The summed E-state index contributed by atoms with van der Waals surface area (Å²) in [6.45, 7) is 5.33. The van der Waals surface area contributed by atoms with Gasteiger partial charge in [-0.05, 0) is 52.7 Å². The quantitative estimate of drug-likeness (QED) is 0.316. The number of amides is 2. The van der Waals surface area contributed by atoms with Gasteiger partial charge in [-0.1, -0.05) is 44.2 Å². The third-order valence-electron chi connectivity index (χ3n) is 6.06. The smallest absolute Gasteiger partial charge is 0.416 e. The summed E-state index contributed by atoms with van der Waals surface area (Å²) in [5.41, 5.74) is 0.852. The van der Waals surface area contributed by atoms with Crippen LogP contribution in [0.1, 0.15) is 56.8 Å². The molecule has 8 nitrogen and oxygen atoms in total. The lowest BCUT2D eigenvalue weighted by Gasteiger charge is -2.30. The number of hydrogen-bond donors (Lipinski definition) is 1. The number of aliphatic hydroxyl groups excluding tert-OH is 1. The van der Waals surface area contributed by atoms with Gasteiger partial charge in [-0.3, -0.25) is 9.59 Å². The number of aliphatic hydroxyl groups is 1. The summed E-state index contributed by atoms with van der Waals surface area (Å²) in [7, 11) is 0. The fourth-order valence-corrected chi connectivity index (χ4v) is 4.71. The number of imide groups is 1. The van der Waals surface area contributed by atoms with Gasteiger partial charge in [0.05, 0.1) is 16.4 Å². The number of halogens is 1. The number of hydrogen-bond acceptors (Lipinski definition) is 7. The summed E-state index contributed by atoms with van der Waals surface area (Å²) in [4.78, 5) is 39.8. The van der Waals surface area contributed by atoms with Gasteiger partial charge in [0.2, 0.25) is 5.91 Å². The molecule has 1 aliphatic heterocycles. The van der Waals surface area contributed by atoms with Gasteiger partial charge in [-0.25, -0.2) is 9.69 Å². The summed E-state index contributed by atoms with van der Waals surface area (Å²) < 4.78 is 17.6. The van der Waals surface area contributed by atoms with Gasteiger partial charge in [0, 0.05) is 20.0 Å². The van der Waals surface area contributed by atoms with Crippen LogP contribution in [0.5, 0.6) is 0 Å². The van der Waals surface area contributed by atoms with Crippen LogP contribution in [0.2, 0.25) is 0 Å². The van der Waals surface area contributed by atoms with Gasteiger partial charge in [-0.2, -0.15) is 0 Å². The summed E-state index contributed by atoms with van der Waals surface area (Å²) in [6, 6.07) is 10.7. The first-order chi connectivity index (χ1) is 16.7. The highest BCUT2D eigenvalue weighted by Gasteiger charge is 2.46. The number of unbranched alkanes of at least 4 members (excludes halogenated alkanes) is 1. The fraction of sp³-hybridized carbons (Fsp3) is 0.500. The second-order valence-electron chi connectivity index (χ2n) is 9.02. The van der Waals surface area contributed by atoms with E-state index >= 15 is 0 Å². The normalized spacial score (nSPS) is 17.4. The minimum absolute atomic E-state index is 0.00849. The highest BCUT2D eigenvalue weighted by molar-refractivity contribution is 9.10. The first-order valence-corrected chi connectivity index (χ1v) is 12.6. The van der Waals surface area contributed by atoms with E-state index in [1.165, 1.54) is 6.92 Å². The number of furan rings is 1. The van der Waals surface area contributed by atoms with Crippen molar-refractivity contribution in [2.24, 2.45) is 11.8 Å². The van der Waals surface area contributed by atoms with E-state index in [9.17, 15) is 14.4 Å². The SMILES string of the molecule is CC(=O)O[C@H](c1cc(Br)c(CCCCO)o1)[C@@H](Cc1ccccc1)C(=O)N1C(=O)OC[C@@H]1C(C)C. The molecule has 2 heterocycles. The van der Waals surface area contributed by atoms with Crippen molar-refractivity contribution in [1.82, 2.24) is 4.90 Å². The second-order valence-corrected chi connectivity index (χ2v) is 9.88. The van der Waals surface area contributed by atoms with Gasteiger partial charge >= 0.3 is 12.1 Å². The minimum atomic E-state index is -1.05. The van der Waals surface area contributed by atoms with Gasteiger partial charge < -0.3 is 19.0 Å². The molecule has 0 saturated carbocycles. The third-order valence-corrected chi connectivity index (χ3v) is 6.73. The number of cyclic esters (lactones) is 1. The number of benzene rings is 1. The van der Waals surface area contributed by atoms with E-state index < -0.39 is 36.0 Å². The zero-order valence-corrected chi connectivity index (χ0v) is 21.8. The Hall–Kier alpha value is -2.65. The highest BCUT2D eigenvalue weighted by atomic mass is 79.9. The molecule has 1 aromatic carbocycles. The first kappa shape index (κ1) is 26.9. The van der Waals surface area contributed by atoms with E-state index in [1.54, 1.807) is 6.07 Å². The largest absolute Gasteiger partial charge is 0.461 e. The van der Waals surface area contributed by atoms with Crippen molar-refractivity contribution in [1.29, 1.82) is 0 Å². The van der Waals surface area contributed by atoms with Crippen molar-refractivity contribution >= 4 is 33.9 Å². The Morgan fingerprint density at radius 2 is 1.94 bits per heavy atom. The maximum Gasteiger partial charge on any atom is 0.416 e. The molecule has 9 heteroatoms. The van der Waals surface area contributed by atoms with Crippen molar-refractivity contribution in [2.75, 3.05) is 13.2 Å². The van der Waals surface area contributed by atoms with E-state index in [1.807, 2.05) is 44.2 Å². The van der Waals surface area contributed by atoms with Crippen LogP contribution in [0.15, 0.2) is 45.3 Å². The Bertz CT molecular complexity index is 1020. The van der Waals surface area contributed by atoms with E-state index in [2.05, 4.69) is 15.9 Å². The molecule has 35 heavy (non-hydrogen) atoms. The zero-order valence-electron chi connectivity index (χ0n) is 20.2. The number of carbonyl (C=O) groups is 3. The molecule has 0 spiro atoms. The van der Waals surface area contributed by atoms with Gasteiger partial charge in [0.25, 0.3) is 0 Å². The van der Waals surface area contributed by atoms with Crippen molar-refractivity contribution in [2.45, 2.75) is 58.6 Å². The molecule has 0 unspecified atom stereocenters. The molecule has 2 aromatic rings. The van der Waals surface area contributed by atoms with Crippen molar-refractivity contribution in [3.05, 3.63) is 58.0 Å². The Labute approximate surface area is 213 Å². The molecule has 1 aliphatic rings. The Morgan fingerprint density at radius 3 is 2.57 bits per heavy atom. The molecule has 3 rings (SSSR count). The highest BCUT2D eigenvalue weighted by Crippen LogP contribution is 2.37. The molecule has 1 saturated heterocycles. The van der Waals surface area contributed by atoms with E-state index in [-0.39, 0.29) is 25.6 Å². The maximum atomic E-state index is 13.9. The van der Waals surface area contributed by atoms with Crippen LogP contribution in [-0.2, 0) is 31.9 Å². The predicted octanol–water partition coefficient (Wildman–Crippen LogP) is 4.82. The van der Waals surface area contributed by atoms with Crippen molar-refractivity contribution in [3.63, 3.8) is 0 Å². The van der Waals surface area contributed by atoms with Gasteiger partial charge in [0.1, 0.15) is 18.1 Å². The van der Waals surface area contributed by atoms with Gasteiger partial charge in [-0.15, -0.1) is 0 Å². The van der Waals surface area contributed by atoms with Crippen LogP contribution in [0.4, 0.5) is 4.79 Å². The number of rotatable bonds is 11. The second kappa shape index (κ2) is 12.4. The van der Waals surface area contributed by atoms with E-state index in [4.69, 9.17) is 19.0 Å². The third kappa shape index (κ3) is 6.73. The molecule has 2 amide bonds. The lowest BCUT2D eigenvalue weighted by atomic mass is 9.90. The average molecular weight is 550 g/mol. The Kier molecular flexibility index (Phi) is 9.51. The maximum absolute atomic E-state index is 13.9. The van der Waals surface area contributed by atoms with Crippen LogP contribution in [0, 0.1) is 11.8 Å². The predicted molar refractivity (Wildman–Crippen MR) is 131 cm³/mol. The van der Waals surface area contributed by atoms with E-state index in [0.29, 0.717) is 35.3 Å². The minimum Gasteiger partial charge on any atom is -0.461 e. The standard InChI is InChI=1S/C26H32BrNO7/c1-16(2)21-15-33-26(32)28(21)25(31)19(13-18-9-5-4-6-10-18)24(34-17(3)30)23-14-20(27)22(35-23)11-7-8-12-29/h4-6,9-10,14,16,19,21,24,29H,7-8,11-13,15H2,1-3H3/t19-,21-,24+/m1/s1. The summed E-state index contributed by atoms with van der Waals surface area (Å²) >= 11 is 3.50. The molecular formula is C26H32BrNO7. The summed E-state index contributed by atoms with van der Waals surface area (Å²) in [5, 5.41) is 9.09. The van der Waals surface area contributed by atoms with Crippen molar-refractivity contribution in [3.8, 4) is 0 Å². The molecular weight excluding hydrogens is 518 g/mol. The molecule has 3 atom stereocenters. The molecule has 0 aliphatic carbocycles.